The van der Waals surface area contributed by atoms with Crippen molar-refractivity contribution in [3.63, 3.8) is 0 Å². The molecule has 0 amide bonds. The van der Waals surface area contributed by atoms with E-state index in [4.69, 9.17) is 11.6 Å². The largest absolute Gasteiger partial charge is 0.296 e. The monoisotopic (exact) mass is 293 g/mol. The molecule has 0 radical (unpaired) electrons. The van der Waals surface area contributed by atoms with Gasteiger partial charge in [-0.05, 0) is 43.7 Å². The number of nitrogens with one attached hydrogen (secondary N) is 1. The summed E-state index contributed by atoms with van der Waals surface area (Å²) in [5, 5.41) is 14.7. The van der Waals surface area contributed by atoms with Crippen molar-refractivity contribution in [2.45, 2.75) is 42.3 Å². The zero-order chi connectivity index (χ0) is 13.3. The third kappa shape index (κ3) is 3.05. The van der Waals surface area contributed by atoms with Crippen LogP contribution in [0.4, 0.5) is 0 Å². The van der Waals surface area contributed by atoms with Crippen molar-refractivity contribution >= 4 is 23.4 Å². The zero-order valence-electron chi connectivity index (χ0n) is 10.6. The number of pyridine rings is 1. The normalized spacial score (nSPS) is 21.7. The van der Waals surface area contributed by atoms with Gasteiger partial charge < -0.3 is 0 Å². The standard InChI is InChI=1S/C14H16ClN3S/c15-12-2-1-7-17-13(12)19-9-14(8-16,10-3-4-10)18-11-5-6-11/h1-2,7,10-11,18H,3-6,9H2. The van der Waals surface area contributed by atoms with Gasteiger partial charge in [0.15, 0.2) is 0 Å². The summed E-state index contributed by atoms with van der Waals surface area (Å²) in [6, 6.07) is 6.75. The predicted octanol–water partition coefficient (Wildman–Crippen LogP) is 3.25. The summed E-state index contributed by atoms with van der Waals surface area (Å²) in [5.41, 5.74) is -0.396. The third-order valence-corrected chi connectivity index (χ3v) is 5.29. The fourth-order valence-corrected chi connectivity index (χ4v) is 3.64. The molecule has 2 aliphatic carbocycles. The Morgan fingerprint density at radius 3 is 2.84 bits per heavy atom. The molecule has 2 saturated carbocycles. The molecule has 0 saturated heterocycles. The summed E-state index contributed by atoms with van der Waals surface area (Å²) >= 11 is 7.71. The number of hydrogen-bond donors (Lipinski definition) is 1. The molecule has 2 fully saturated rings. The van der Waals surface area contributed by atoms with E-state index in [9.17, 15) is 5.26 Å². The minimum atomic E-state index is -0.396. The summed E-state index contributed by atoms with van der Waals surface area (Å²) in [4.78, 5) is 4.28. The molecule has 2 aliphatic rings. The molecule has 5 heteroatoms. The average Bonchev–Trinajstić information content (AvgIpc) is 3.28. The van der Waals surface area contributed by atoms with E-state index in [1.165, 1.54) is 12.8 Å². The van der Waals surface area contributed by atoms with E-state index in [0.717, 1.165) is 23.6 Å². The number of nitriles is 1. The van der Waals surface area contributed by atoms with Crippen molar-refractivity contribution < 1.29 is 0 Å². The highest BCUT2D eigenvalue weighted by Crippen LogP contribution is 2.44. The van der Waals surface area contributed by atoms with Gasteiger partial charge in [-0.3, -0.25) is 5.32 Å². The van der Waals surface area contributed by atoms with Crippen LogP contribution in [0.1, 0.15) is 25.7 Å². The van der Waals surface area contributed by atoms with Gasteiger partial charge in [-0.2, -0.15) is 5.26 Å². The Labute approximate surface area is 122 Å². The first kappa shape index (κ1) is 13.2. The van der Waals surface area contributed by atoms with E-state index < -0.39 is 5.54 Å². The van der Waals surface area contributed by atoms with E-state index >= 15 is 0 Å². The topological polar surface area (TPSA) is 48.7 Å². The van der Waals surface area contributed by atoms with Crippen LogP contribution >= 0.6 is 23.4 Å². The molecule has 0 aliphatic heterocycles. The van der Waals surface area contributed by atoms with Crippen LogP contribution in [0, 0.1) is 17.2 Å². The van der Waals surface area contributed by atoms with Gasteiger partial charge in [0.05, 0.1) is 11.1 Å². The lowest BCUT2D eigenvalue weighted by atomic mass is 9.97. The second kappa shape index (κ2) is 5.32. The highest BCUT2D eigenvalue weighted by molar-refractivity contribution is 7.99. The lowest BCUT2D eigenvalue weighted by Gasteiger charge is -2.27. The number of thioether (sulfide) groups is 1. The fraction of sp³-hybridized carbons (Fsp3) is 0.571. The third-order valence-electron chi connectivity index (χ3n) is 3.67. The lowest BCUT2D eigenvalue weighted by molar-refractivity contribution is 0.401. The molecular weight excluding hydrogens is 278 g/mol. The second-order valence-corrected chi connectivity index (χ2v) is 6.73. The Kier molecular flexibility index (Phi) is 3.70. The summed E-state index contributed by atoms with van der Waals surface area (Å²) in [7, 11) is 0. The summed E-state index contributed by atoms with van der Waals surface area (Å²) in [6.45, 7) is 0. The molecule has 1 N–H and O–H groups in total. The van der Waals surface area contributed by atoms with Crippen LogP contribution in [0.15, 0.2) is 23.4 Å². The summed E-state index contributed by atoms with van der Waals surface area (Å²) < 4.78 is 0. The van der Waals surface area contributed by atoms with E-state index in [1.54, 1.807) is 18.0 Å². The molecule has 3 nitrogen and oxygen atoms in total. The molecule has 1 aromatic rings. The van der Waals surface area contributed by atoms with E-state index in [-0.39, 0.29) is 0 Å². The van der Waals surface area contributed by atoms with Crippen LogP contribution in [0.2, 0.25) is 5.02 Å². The van der Waals surface area contributed by atoms with Gasteiger partial charge in [0.1, 0.15) is 10.6 Å². The fourth-order valence-electron chi connectivity index (χ4n) is 2.26. The molecule has 3 rings (SSSR count). The predicted molar refractivity (Wildman–Crippen MR) is 77.2 cm³/mol. The van der Waals surface area contributed by atoms with Crippen LogP contribution in [0.5, 0.6) is 0 Å². The van der Waals surface area contributed by atoms with Crippen LogP contribution in [-0.2, 0) is 0 Å². The minimum Gasteiger partial charge on any atom is -0.296 e. The first-order chi connectivity index (χ1) is 9.23. The molecule has 1 aromatic heterocycles. The van der Waals surface area contributed by atoms with Crippen molar-refractivity contribution in [2.75, 3.05) is 5.75 Å². The van der Waals surface area contributed by atoms with Crippen molar-refractivity contribution in [1.29, 1.82) is 5.26 Å². The molecule has 0 aromatic carbocycles. The maximum Gasteiger partial charge on any atom is 0.119 e. The Morgan fingerprint density at radius 1 is 1.47 bits per heavy atom. The van der Waals surface area contributed by atoms with Crippen molar-refractivity contribution in [2.24, 2.45) is 5.92 Å². The molecule has 0 bridgehead atoms. The molecule has 100 valence electrons. The molecule has 19 heavy (non-hydrogen) atoms. The molecule has 0 spiro atoms. The molecule has 1 heterocycles. The number of hydrogen-bond acceptors (Lipinski definition) is 4. The number of nitrogens with zero attached hydrogens (tertiary/aromatic N) is 2. The highest BCUT2D eigenvalue weighted by atomic mass is 35.5. The number of halogens is 1. The van der Waals surface area contributed by atoms with Crippen molar-refractivity contribution in [3.8, 4) is 6.07 Å². The van der Waals surface area contributed by atoms with Gasteiger partial charge in [0, 0.05) is 18.0 Å². The maximum absolute atomic E-state index is 9.63. The maximum atomic E-state index is 9.63. The quantitative estimate of drug-likeness (QED) is 0.818. The smallest absolute Gasteiger partial charge is 0.119 e. The summed E-state index contributed by atoms with van der Waals surface area (Å²) in [5.74, 6) is 1.22. The van der Waals surface area contributed by atoms with Crippen molar-refractivity contribution in [3.05, 3.63) is 23.4 Å². The molecule has 1 atom stereocenters. The first-order valence-electron chi connectivity index (χ1n) is 6.66. The van der Waals surface area contributed by atoms with Crippen LogP contribution in [0.25, 0.3) is 0 Å². The number of aromatic nitrogens is 1. The Balaban J connectivity index is 1.71. The Morgan fingerprint density at radius 2 is 2.26 bits per heavy atom. The Hall–Kier alpha value is -0.760. The molecular formula is C14H16ClN3S. The van der Waals surface area contributed by atoms with Gasteiger partial charge in [-0.1, -0.05) is 11.6 Å². The number of rotatable bonds is 6. The van der Waals surface area contributed by atoms with Gasteiger partial charge in [0.25, 0.3) is 0 Å². The van der Waals surface area contributed by atoms with Gasteiger partial charge >= 0.3 is 0 Å². The minimum absolute atomic E-state index is 0.396. The van der Waals surface area contributed by atoms with E-state index in [1.807, 2.05) is 12.1 Å². The summed E-state index contributed by atoms with van der Waals surface area (Å²) in [6.07, 6.45) is 6.46. The van der Waals surface area contributed by atoms with E-state index in [2.05, 4.69) is 16.4 Å². The van der Waals surface area contributed by atoms with E-state index in [0.29, 0.717) is 17.0 Å². The first-order valence-corrected chi connectivity index (χ1v) is 8.02. The SMILES string of the molecule is N#CC(CSc1ncccc1Cl)(NC1CC1)C1CC1. The van der Waals surface area contributed by atoms with Crippen LogP contribution in [-0.4, -0.2) is 22.3 Å². The van der Waals surface area contributed by atoms with Crippen molar-refractivity contribution in [1.82, 2.24) is 10.3 Å². The van der Waals surface area contributed by atoms with Gasteiger partial charge in [-0.25, -0.2) is 4.98 Å². The van der Waals surface area contributed by atoms with Gasteiger partial charge in [-0.15, -0.1) is 11.8 Å². The average molecular weight is 294 g/mol. The molecule has 1 unspecified atom stereocenters. The Bertz CT molecular complexity index is 508. The van der Waals surface area contributed by atoms with Crippen LogP contribution < -0.4 is 5.32 Å². The second-order valence-electron chi connectivity index (χ2n) is 5.36. The van der Waals surface area contributed by atoms with Gasteiger partial charge in [0.2, 0.25) is 0 Å². The lowest BCUT2D eigenvalue weighted by Crippen LogP contribution is -2.49. The van der Waals surface area contributed by atoms with Crippen LogP contribution in [0.3, 0.4) is 0 Å². The zero-order valence-corrected chi connectivity index (χ0v) is 12.2. The highest BCUT2D eigenvalue weighted by Gasteiger charge is 2.48.